The number of carbonyl (C=O) groups excluding carboxylic acids is 1. The van der Waals surface area contributed by atoms with Gasteiger partial charge in [-0.05, 0) is 37.6 Å². The molecular weight excluding hydrogens is 258 g/mol. The van der Waals surface area contributed by atoms with Crippen LogP contribution in [0.15, 0.2) is 24.3 Å². The van der Waals surface area contributed by atoms with Crippen LogP contribution in [0.25, 0.3) is 0 Å². The lowest BCUT2D eigenvalue weighted by Gasteiger charge is -2.20. The molecule has 0 saturated heterocycles. The van der Waals surface area contributed by atoms with Crippen LogP contribution in [0.4, 0.5) is 0 Å². The summed E-state index contributed by atoms with van der Waals surface area (Å²) in [6.07, 6.45) is 0.0834. The van der Waals surface area contributed by atoms with Crippen molar-refractivity contribution >= 4 is 5.91 Å². The van der Waals surface area contributed by atoms with E-state index in [4.69, 9.17) is 14.2 Å². The Bertz CT molecular complexity index is 405. The Morgan fingerprint density at radius 1 is 1.20 bits per heavy atom. The number of amides is 1. The summed E-state index contributed by atoms with van der Waals surface area (Å²) in [5.74, 6) is 1.27. The van der Waals surface area contributed by atoms with Crippen molar-refractivity contribution in [1.82, 2.24) is 5.32 Å². The van der Waals surface area contributed by atoms with Gasteiger partial charge in [0, 0.05) is 13.2 Å². The highest BCUT2D eigenvalue weighted by Crippen LogP contribution is 2.19. The Balaban J connectivity index is 2.58. The van der Waals surface area contributed by atoms with E-state index in [2.05, 4.69) is 5.32 Å². The molecule has 0 spiro atoms. The maximum Gasteiger partial charge on any atom is 0.261 e. The zero-order chi connectivity index (χ0) is 15.0. The number of carbonyl (C=O) groups is 1. The molecule has 0 saturated carbocycles. The second-order valence-electron chi connectivity index (χ2n) is 4.56. The van der Waals surface area contributed by atoms with Crippen molar-refractivity contribution in [3.05, 3.63) is 24.3 Å². The lowest BCUT2D eigenvalue weighted by Crippen LogP contribution is -2.44. The van der Waals surface area contributed by atoms with Crippen LogP contribution >= 0.6 is 0 Å². The minimum absolute atomic E-state index is 0.0407. The molecule has 0 radical (unpaired) electrons. The number of ether oxygens (including phenoxy) is 3. The van der Waals surface area contributed by atoms with Gasteiger partial charge in [-0.1, -0.05) is 6.92 Å². The Labute approximate surface area is 120 Å². The van der Waals surface area contributed by atoms with Gasteiger partial charge < -0.3 is 19.5 Å². The summed E-state index contributed by atoms with van der Waals surface area (Å²) in [4.78, 5) is 12.1. The molecule has 1 rings (SSSR count). The van der Waals surface area contributed by atoms with Gasteiger partial charge in [-0.25, -0.2) is 0 Å². The fourth-order valence-corrected chi connectivity index (χ4v) is 1.77. The summed E-state index contributed by atoms with van der Waals surface area (Å²) >= 11 is 0. The Hall–Kier alpha value is -1.75. The molecule has 0 heterocycles. The molecule has 0 aliphatic rings. The number of benzene rings is 1. The molecule has 1 amide bonds. The average molecular weight is 281 g/mol. The van der Waals surface area contributed by atoms with Gasteiger partial charge >= 0.3 is 0 Å². The second kappa shape index (κ2) is 8.43. The van der Waals surface area contributed by atoms with Crippen molar-refractivity contribution in [2.75, 3.05) is 20.8 Å². The molecule has 0 unspecified atom stereocenters. The molecule has 1 aromatic rings. The Morgan fingerprint density at radius 3 is 2.30 bits per heavy atom. The van der Waals surface area contributed by atoms with Crippen LogP contribution in [0, 0.1) is 0 Å². The second-order valence-corrected chi connectivity index (χ2v) is 4.56. The molecule has 0 aromatic heterocycles. The fraction of sp³-hybridized carbons (Fsp3) is 0.533. The van der Waals surface area contributed by atoms with E-state index >= 15 is 0 Å². The highest BCUT2D eigenvalue weighted by atomic mass is 16.5. The third-order valence-electron chi connectivity index (χ3n) is 2.81. The first-order chi connectivity index (χ1) is 9.60. The van der Waals surface area contributed by atoms with Crippen molar-refractivity contribution in [3.63, 3.8) is 0 Å². The Morgan fingerprint density at radius 2 is 1.80 bits per heavy atom. The van der Waals surface area contributed by atoms with Crippen molar-refractivity contribution in [3.8, 4) is 11.5 Å². The summed E-state index contributed by atoms with van der Waals surface area (Å²) in [5, 5.41) is 2.86. The maximum atomic E-state index is 12.1. The summed E-state index contributed by atoms with van der Waals surface area (Å²) in [5.41, 5.74) is 0. The molecule has 2 atom stereocenters. The van der Waals surface area contributed by atoms with Gasteiger partial charge in [0.05, 0.1) is 13.7 Å². The highest BCUT2D eigenvalue weighted by molar-refractivity contribution is 5.81. The van der Waals surface area contributed by atoms with E-state index in [1.54, 1.807) is 38.5 Å². The van der Waals surface area contributed by atoms with Crippen molar-refractivity contribution in [2.24, 2.45) is 0 Å². The van der Waals surface area contributed by atoms with Gasteiger partial charge in [-0.15, -0.1) is 0 Å². The topological polar surface area (TPSA) is 56.8 Å². The predicted octanol–water partition coefficient (Wildman–Crippen LogP) is 2.00. The van der Waals surface area contributed by atoms with Crippen LogP contribution in [0.2, 0.25) is 0 Å². The monoisotopic (exact) mass is 281 g/mol. The maximum absolute atomic E-state index is 12.1. The van der Waals surface area contributed by atoms with Crippen LogP contribution < -0.4 is 14.8 Å². The third-order valence-corrected chi connectivity index (χ3v) is 2.81. The SMILES string of the molecule is CC[C@H](Oc1ccc(OC)cc1)C(=O)N[C@@H](C)COC. The molecule has 1 N–H and O–H groups in total. The molecule has 0 bridgehead atoms. The van der Waals surface area contributed by atoms with Gasteiger partial charge in [-0.3, -0.25) is 4.79 Å². The van der Waals surface area contributed by atoms with Gasteiger partial charge in [0.2, 0.25) is 0 Å². The number of hydrogen-bond acceptors (Lipinski definition) is 4. The summed E-state index contributed by atoms with van der Waals surface area (Å²) in [6, 6.07) is 7.13. The predicted molar refractivity (Wildman–Crippen MR) is 77.2 cm³/mol. The smallest absolute Gasteiger partial charge is 0.261 e. The number of hydrogen-bond donors (Lipinski definition) is 1. The molecule has 5 heteroatoms. The van der Waals surface area contributed by atoms with E-state index in [1.807, 2.05) is 13.8 Å². The molecule has 20 heavy (non-hydrogen) atoms. The van der Waals surface area contributed by atoms with Gasteiger partial charge in [0.15, 0.2) is 6.10 Å². The van der Waals surface area contributed by atoms with Gasteiger partial charge in [0.1, 0.15) is 11.5 Å². The summed E-state index contributed by atoms with van der Waals surface area (Å²) in [7, 11) is 3.21. The van der Waals surface area contributed by atoms with Crippen LogP contribution in [0.5, 0.6) is 11.5 Å². The lowest BCUT2D eigenvalue weighted by molar-refractivity contribution is -0.129. The molecule has 0 fully saturated rings. The average Bonchev–Trinajstić information content (AvgIpc) is 2.45. The standard InChI is InChI=1S/C15H23NO4/c1-5-14(15(17)16-11(2)10-18-3)20-13-8-6-12(19-4)7-9-13/h6-9,11,14H,5,10H2,1-4H3,(H,16,17)/t11-,14-/m0/s1. The minimum atomic E-state index is -0.511. The molecular formula is C15H23NO4. The van der Waals surface area contributed by atoms with Crippen molar-refractivity contribution < 1.29 is 19.0 Å². The number of rotatable bonds is 8. The summed E-state index contributed by atoms with van der Waals surface area (Å²) in [6.45, 7) is 4.28. The Kier molecular flexibility index (Phi) is 6.87. The fourth-order valence-electron chi connectivity index (χ4n) is 1.77. The van der Waals surface area contributed by atoms with Crippen molar-refractivity contribution in [1.29, 1.82) is 0 Å². The molecule has 0 aliphatic heterocycles. The zero-order valence-corrected chi connectivity index (χ0v) is 12.5. The van der Waals surface area contributed by atoms with E-state index in [9.17, 15) is 4.79 Å². The first-order valence-electron chi connectivity index (χ1n) is 6.70. The van der Waals surface area contributed by atoms with Crippen LogP contribution in [-0.2, 0) is 9.53 Å². The normalized spacial score (nSPS) is 13.4. The van der Waals surface area contributed by atoms with Crippen LogP contribution in [0.1, 0.15) is 20.3 Å². The van der Waals surface area contributed by atoms with E-state index in [-0.39, 0.29) is 11.9 Å². The first kappa shape index (κ1) is 16.3. The van der Waals surface area contributed by atoms with E-state index in [0.717, 1.165) is 5.75 Å². The zero-order valence-electron chi connectivity index (χ0n) is 12.5. The third kappa shape index (κ3) is 5.09. The molecule has 5 nitrogen and oxygen atoms in total. The lowest BCUT2D eigenvalue weighted by atomic mass is 10.2. The quantitative estimate of drug-likeness (QED) is 0.792. The van der Waals surface area contributed by atoms with E-state index in [1.165, 1.54) is 0 Å². The number of methoxy groups -OCH3 is 2. The first-order valence-corrected chi connectivity index (χ1v) is 6.70. The number of nitrogens with one attached hydrogen (secondary N) is 1. The van der Waals surface area contributed by atoms with E-state index < -0.39 is 6.10 Å². The largest absolute Gasteiger partial charge is 0.497 e. The van der Waals surface area contributed by atoms with Crippen LogP contribution in [-0.4, -0.2) is 38.9 Å². The molecule has 0 aliphatic carbocycles. The van der Waals surface area contributed by atoms with Gasteiger partial charge in [0.25, 0.3) is 5.91 Å². The minimum Gasteiger partial charge on any atom is -0.497 e. The highest BCUT2D eigenvalue weighted by Gasteiger charge is 2.19. The molecule has 1 aromatic carbocycles. The molecule has 112 valence electrons. The summed E-state index contributed by atoms with van der Waals surface area (Å²) < 4.78 is 15.8. The van der Waals surface area contributed by atoms with E-state index in [0.29, 0.717) is 18.8 Å². The van der Waals surface area contributed by atoms with Crippen LogP contribution in [0.3, 0.4) is 0 Å². The van der Waals surface area contributed by atoms with Crippen molar-refractivity contribution in [2.45, 2.75) is 32.4 Å². The van der Waals surface area contributed by atoms with Gasteiger partial charge in [-0.2, -0.15) is 0 Å².